The molecule has 0 fully saturated rings. The fraction of sp³-hybridized carbons (Fsp3) is 0.500. The molecule has 134 valence electrons. The molecule has 0 radical (unpaired) electrons. The van der Waals surface area contributed by atoms with E-state index in [0.29, 0.717) is 6.61 Å². The Morgan fingerprint density at radius 2 is 2.28 bits per heavy atom. The summed E-state index contributed by atoms with van der Waals surface area (Å²) >= 11 is 0. The first-order valence-corrected chi connectivity index (χ1v) is 8.60. The number of benzene rings is 1. The molecular formula is C18H24N4O3. The topological polar surface area (TPSA) is 78.3 Å². The van der Waals surface area contributed by atoms with E-state index in [4.69, 9.17) is 9.47 Å². The standard InChI is InChI=1S/C18H24N4O3/c1-3-16-20-21-17-8-7-14(10-22(16)17)19-18(23)12-25-11-13-5-4-6-15(9-13)24-2/h4-6,9,14H,3,7-8,10-12H2,1-2H3,(H,19,23)/t14-/m1/s1. The molecule has 0 saturated carbocycles. The number of hydrogen-bond donors (Lipinski definition) is 1. The van der Waals surface area contributed by atoms with Crippen molar-refractivity contribution in [2.24, 2.45) is 0 Å². The Balaban J connectivity index is 1.45. The molecule has 0 saturated heterocycles. The summed E-state index contributed by atoms with van der Waals surface area (Å²) in [5.41, 5.74) is 0.978. The Morgan fingerprint density at radius 1 is 1.40 bits per heavy atom. The lowest BCUT2D eigenvalue weighted by Gasteiger charge is -2.25. The Labute approximate surface area is 147 Å². The van der Waals surface area contributed by atoms with Crippen LogP contribution in [-0.2, 0) is 35.5 Å². The van der Waals surface area contributed by atoms with Gasteiger partial charge in [0.1, 0.15) is 24.0 Å². The summed E-state index contributed by atoms with van der Waals surface area (Å²) in [6, 6.07) is 7.73. The number of carbonyl (C=O) groups excluding carboxylic acids is 1. The van der Waals surface area contributed by atoms with Crippen LogP contribution in [0.2, 0.25) is 0 Å². The smallest absolute Gasteiger partial charge is 0.246 e. The molecule has 2 heterocycles. The van der Waals surface area contributed by atoms with E-state index in [1.54, 1.807) is 7.11 Å². The third-order valence-electron chi connectivity index (χ3n) is 4.34. The Kier molecular flexibility index (Phi) is 5.65. The van der Waals surface area contributed by atoms with Gasteiger partial charge in [-0.3, -0.25) is 4.79 Å². The molecule has 3 rings (SSSR count). The molecule has 1 atom stereocenters. The molecule has 0 aliphatic carbocycles. The number of rotatable bonds is 7. The van der Waals surface area contributed by atoms with E-state index in [9.17, 15) is 4.79 Å². The number of methoxy groups -OCH3 is 1. The monoisotopic (exact) mass is 344 g/mol. The van der Waals surface area contributed by atoms with Gasteiger partial charge in [0, 0.05) is 25.4 Å². The van der Waals surface area contributed by atoms with Crippen molar-refractivity contribution in [3.8, 4) is 5.75 Å². The predicted octanol–water partition coefficient (Wildman–Crippen LogP) is 1.50. The average Bonchev–Trinajstić information content (AvgIpc) is 3.04. The quantitative estimate of drug-likeness (QED) is 0.823. The summed E-state index contributed by atoms with van der Waals surface area (Å²) in [7, 11) is 1.63. The number of fused-ring (bicyclic) bond motifs is 1. The molecule has 0 bridgehead atoms. The summed E-state index contributed by atoms with van der Waals surface area (Å²) < 4.78 is 12.8. The van der Waals surface area contributed by atoms with Crippen molar-refractivity contribution in [2.75, 3.05) is 13.7 Å². The van der Waals surface area contributed by atoms with Gasteiger partial charge < -0.3 is 19.4 Å². The van der Waals surface area contributed by atoms with Crippen molar-refractivity contribution in [3.63, 3.8) is 0 Å². The van der Waals surface area contributed by atoms with Gasteiger partial charge in [0.25, 0.3) is 0 Å². The molecule has 25 heavy (non-hydrogen) atoms. The first kappa shape index (κ1) is 17.4. The minimum absolute atomic E-state index is 0.0450. The van der Waals surface area contributed by atoms with E-state index < -0.39 is 0 Å². The molecule has 1 aromatic heterocycles. The second-order valence-electron chi connectivity index (χ2n) is 6.14. The van der Waals surface area contributed by atoms with Gasteiger partial charge in [-0.15, -0.1) is 10.2 Å². The number of carbonyl (C=O) groups is 1. The van der Waals surface area contributed by atoms with E-state index in [1.807, 2.05) is 24.3 Å². The van der Waals surface area contributed by atoms with Gasteiger partial charge in [0.2, 0.25) is 5.91 Å². The second-order valence-corrected chi connectivity index (χ2v) is 6.14. The number of aromatic nitrogens is 3. The zero-order valence-corrected chi connectivity index (χ0v) is 14.7. The lowest BCUT2D eigenvalue weighted by molar-refractivity contribution is -0.127. The highest BCUT2D eigenvalue weighted by Crippen LogP contribution is 2.16. The van der Waals surface area contributed by atoms with Crippen molar-refractivity contribution < 1.29 is 14.3 Å². The van der Waals surface area contributed by atoms with Crippen LogP contribution in [0.3, 0.4) is 0 Å². The number of nitrogens with one attached hydrogen (secondary N) is 1. The van der Waals surface area contributed by atoms with Crippen LogP contribution in [0.4, 0.5) is 0 Å². The predicted molar refractivity (Wildman–Crippen MR) is 92.3 cm³/mol. The first-order valence-electron chi connectivity index (χ1n) is 8.60. The highest BCUT2D eigenvalue weighted by molar-refractivity contribution is 5.77. The maximum Gasteiger partial charge on any atom is 0.246 e. The van der Waals surface area contributed by atoms with Gasteiger partial charge in [-0.25, -0.2) is 0 Å². The molecule has 1 aromatic carbocycles. The molecular weight excluding hydrogens is 320 g/mol. The molecule has 1 aliphatic rings. The summed E-state index contributed by atoms with van der Waals surface area (Å²) in [4.78, 5) is 12.1. The fourth-order valence-electron chi connectivity index (χ4n) is 3.06. The van der Waals surface area contributed by atoms with Gasteiger partial charge in [-0.2, -0.15) is 0 Å². The van der Waals surface area contributed by atoms with Gasteiger partial charge in [0.05, 0.1) is 13.7 Å². The Bertz CT molecular complexity index is 715. The molecule has 0 spiro atoms. The van der Waals surface area contributed by atoms with Crippen LogP contribution in [-0.4, -0.2) is 40.4 Å². The van der Waals surface area contributed by atoms with Gasteiger partial charge in [-0.05, 0) is 24.1 Å². The van der Waals surface area contributed by atoms with Crippen LogP contribution in [0.25, 0.3) is 0 Å². The number of ether oxygens (including phenoxy) is 2. The van der Waals surface area contributed by atoms with E-state index in [1.165, 1.54) is 0 Å². The van der Waals surface area contributed by atoms with E-state index in [-0.39, 0.29) is 18.6 Å². The Hall–Kier alpha value is -2.41. The number of hydrogen-bond acceptors (Lipinski definition) is 5. The van der Waals surface area contributed by atoms with Gasteiger partial charge in [-0.1, -0.05) is 19.1 Å². The zero-order valence-electron chi connectivity index (χ0n) is 14.7. The maximum absolute atomic E-state index is 12.1. The summed E-state index contributed by atoms with van der Waals surface area (Å²) in [5.74, 6) is 2.67. The lowest BCUT2D eigenvalue weighted by atomic mass is 10.1. The maximum atomic E-state index is 12.1. The normalized spacial score (nSPS) is 16.3. The van der Waals surface area contributed by atoms with Crippen LogP contribution in [0.15, 0.2) is 24.3 Å². The van der Waals surface area contributed by atoms with Crippen LogP contribution in [0.5, 0.6) is 5.75 Å². The second kappa shape index (κ2) is 8.11. The van der Waals surface area contributed by atoms with Crippen LogP contribution in [0.1, 0.15) is 30.6 Å². The summed E-state index contributed by atoms with van der Waals surface area (Å²) in [6.45, 7) is 3.22. The van der Waals surface area contributed by atoms with Crippen molar-refractivity contribution in [1.82, 2.24) is 20.1 Å². The van der Waals surface area contributed by atoms with Crippen molar-refractivity contribution >= 4 is 5.91 Å². The zero-order chi connectivity index (χ0) is 17.6. The van der Waals surface area contributed by atoms with Crippen LogP contribution < -0.4 is 10.1 Å². The molecule has 1 aliphatic heterocycles. The van der Waals surface area contributed by atoms with E-state index in [2.05, 4.69) is 27.0 Å². The number of amides is 1. The number of aryl methyl sites for hydroxylation is 2. The average molecular weight is 344 g/mol. The van der Waals surface area contributed by atoms with E-state index >= 15 is 0 Å². The highest BCUT2D eigenvalue weighted by atomic mass is 16.5. The largest absolute Gasteiger partial charge is 0.497 e. The summed E-state index contributed by atoms with van der Waals surface area (Å²) in [5, 5.41) is 11.4. The van der Waals surface area contributed by atoms with Crippen molar-refractivity contribution in [2.45, 2.75) is 45.4 Å². The van der Waals surface area contributed by atoms with Crippen LogP contribution in [0, 0.1) is 0 Å². The highest BCUT2D eigenvalue weighted by Gasteiger charge is 2.23. The van der Waals surface area contributed by atoms with Gasteiger partial charge in [0.15, 0.2) is 0 Å². The Morgan fingerprint density at radius 3 is 3.08 bits per heavy atom. The van der Waals surface area contributed by atoms with E-state index in [0.717, 1.165) is 48.8 Å². The van der Waals surface area contributed by atoms with Crippen molar-refractivity contribution in [1.29, 1.82) is 0 Å². The van der Waals surface area contributed by atoms with Crippen molar-refractivity contribution in [3.05, 3.63) is 41.5 Å². The molecule has 1 N–H and O–H groups in total. The molecule has 1 amide bonds. The van der Waals surface area contributed by atoms with Crippen LogP contribution >= 0.6 is 0 Å². The molecule has 7 heteroatoms. The third kappa shape index (κ3) is 4.36. The summed E-state index contributed by atoms with van der Waals surface area (Å²) in [6.07, 6.45) is 2.56. The third-order valence-corrected chi connectivity index (χ3v) is 4.34. The first-order chi connectivity index (χ1) is 12.2. The molecule has 0 unspecified atom stereocenters. The SMILES string of the molecule is CCc1nnc2n1C[C@H](NC(=O)COCc1cccc(OC)c1)CC2. The minimum Gasteiger partial charge on any atom is -0.497 e. The number of nitrogens with zero attached hydrogens (tertiary/aromatic N) is 3. The van der Waals surface area contributed by atoms with Gasteiger partial charge >= 0.3 is 0 Å². The lowest BCUT2D eigenvalue weighted by Crippen LogP contribution is -2.42. The fourth-order valence-corrected chi connectivity index (χ4v) is 3.06. The molecule has 2 aromatic rings. The molecule has 7 nitrogen and oxygen atoms in total. The minimum atomic E-state index is -0.0949.